The number of ketones is 1. The fourth-order valence-corrected chi connectivity index (χ4v) is 1.66. The minimum atomic E-state index is -0.529. The molecule has 0 aliphatic heterocycles. The molecule has 1 aromatic carbocycles. The van der Waals surface area contributed by atoms with Gasteiger partial charge in [-0.25, -0.2) is 0 Å². The predicted molar refractivity (Wildman–Crippen MR) is 71.9 cm³/mol. The van der Waals surface area contributed by atoms with Crippen LogP contribution >= 0.6 is 0 Å². The fraction of sp³-hybridized carbons (Fsp3) is 0.286. The smallest absolute Gasteiger partial charge is 0.203 e. The van der Waals surface area contributed by atoms with Crippen LogP contribution in [-0.4, -0.2) is 32.2 Å². The number of carbonyl (C=O) groups is 1. The molecule has 20 heavy (non-hydrogen) atoms. The molecule has 1 N–H and O–H groups in total. The van der Waals surface area contributed by atoms with E-state index in [4.69, 9.17) is 19.5 Å². The number of hydrogen-bond donors (Lipinski definition) is 1. The monoisotopic (exact) mass is 277 g/mol. The van der Waals surface area contributed by atoms with Gasteiger partial charge in [-0.3, -0.25) is 4.79 Å². The number of aliphatic hydroxyl groups excluding tert-OH is 1. The zero-order chi connectivity index (χ0) is 15.3. The lowest BCUT2D eigenvalue weighted by atomic mass is 10.1. The Morgan fingerprint density at radius 1 is 1.15 bits per heavy atom. The number of benzene rings is 1. The zero-order valence-corrected chi connectivity index (χ0v) is 11.7. The molecule has 0 heterocycles. The maximum atomic E-state index is 11.3. The lowest BCUT2D eigenvalue weighted by Crippen LogP contribution is -2.01. The Bertz CT molecular complexity index is 573. The zero-order valence-electron chi connectivity index (χ0n) is 11.7. The summed E-state index contributed by atoms with van der Waals surface area (Å²) in [6, 6.07) is 4.58. The van der Waals surface area contributed by atoms with E-state index in [2.05, 4.69) is 0 Å². The van der Waals surface area contributed by atoms with Crippen LogP contribution in [0.1, 0.15) is 12.5 Å². The summed E-state index contributed by atoms with van der Waals surface area (Å²) in [5.41, 5.74) is -0.106. The van der Waals surface area contributed by atoms with Crippen molar-refractivity contribution in [3.05, 3.63) is 23.3 Å². The molecular formula is C14H15NO5. The van der Waals surface area contributed by atoms with Gasteiger partial charge < -0.3 is 19.3 Å². The van der Waals surface area contributed by atoms with Crippen LogP contribution in [0.2, 0.25) is 0 Å². The molecule has 1 rings (SSSR count). The standard InChI is InChI=1S/C14H15NO5/c1-8(16)10(7-15)13(17)9-5-11(18-2)14(20-4)12(6-9)19-3/h5-6,17H,1-4H3. The quantitative estimate of drug-likeness (QED) is 0.503. The van der Waals surface area contributed by atoms with E-state index in [1.54, 1.807) is 6.07 Å². The summed E-state index contributed by atoms with van der Waals surface area (Å²) >= 11 is 0. The van der Waals surface area contributed by atoms with Gasteiger partial charge >= 0.3 is 0 Å². The molecule has 1 aromatic rings. The van der Waals surface area contributed by atoms with E-state index in [1.165, 1.54) is 40.4 Å². The number of methoxy groups -OCH3 is 3. The highest BCUT2D eigenvalue weighted by atomic mass is 16.5. The van der Waals surface area contributed by atoms with Gasteiger partial charge in [0.25, 0.3) is 0 Å². The topological polar surface area (TPSA) is 88.8 Å². The van der Waals surface area contributed by atoms with Crippen LogP contribution in [0, 0.1) is 11.3 Å². The van der Waals surface area contributed by atoms with Crippen molar-refractivity contribution in [2.24, 2.45) is 0 Å². The number of hydrogen-bond acceptors (Lipinski definition) is 6. The second-order valence-electron chi connectivity index (χ2n) is 3.81. The molecule has 0 unspecified atom stereocenters. The first-order valence-corrected chi connectivity index (χ1v) is 5.64. The van der Waals surface area contributed by atoms with Crippen molar-refractivity contribution in [1.82, 2.24) is 0 Å². The third kappa shape index (κ3) is 2.83. The van der Waals surface area contributed by atoms with Gasteiger partial charge in [-0.15, -0.1) is 0 Å². The van der Waals surface area contributed by atoms with Gasteiger partial charge in [0, 0.05) is 12.5 Å². The first-order valence-electron chi connectivity index (χ1n) is 5.64. The van der Waals surface area contributed by atoms with Gasteiger partial charge in [-0.1, -0.05) is 0 Å². The summed E-state index contributed by atoms with van der Waals surface area (Å²) in [7, 11) is 4.31. The summed E-state index contributed by atoms with van der Waals surface area (Å²) in [6.45, 7) is 1.20. The highest BCUT2D eigenvalue weighted by Gasteiger charge is 2.18. The number of Topliss-reactive ketones (excluding diaryl/α,β-unsaturated/α-hetero) is 1. The van der Waals surface area contributed by atoms with E-state index in [-0.39, 0.29) is 11.1 Å². The molecule has 0 aliphatic rings. The maximum Gasteiger partial charge on any atom is 0.203 e. The molecule has 0 bridgehead atoms. The maximum absolute atomic E-state index is 11.3. The van der Waals surface area contributed by atoms with Crippen molar-refractivity contribution >= 4 is 11.5 Å². The van der Waals surface area contributed by atoms with E-state index >= 15 is 0 Å². The van der Waals surface area contributed by atoms with Crippen molar-refractivity contribution < 1.29 is 24.1 Å². The van der Waals surface area contributed by atoms with E-state index < -0.39 is 11.5 Å². The van der Waals surface area contributed by atoms with Crippen LogP contribution in [0.25, 0.3) is 5.76 Å². The second-order valence-corrected chi connectivity index (χ2v) is 3.81. The van der Waals surface area contributed by atoms with Gasteiger partial charge in [0.15, 0.2) is 17.3 Å². The minimum Gasteiger partial charge on any atom is -0.506 e. The average Bonchev–Trinajstić information content (AvgIpc) is 2.45. The molecule has 0 fully saturated rings. The summed E-state index contributed by atoms with van der Waals surface area (Å²) < 4.78 is 15.4. The van der Waals surface area contributed by atoms with Crippen LogP contribution < -0.4 is 14.2 Å². The van der Waals surface area contributed by atoms with Crippen molar-refractivity contribution in [2.75, 3.05) is 21.3 Å². The largest absolute Gasteiger partial charge is 0.506 e. The molecule has 106 valence electrons. The molecule has 6 heteroatoms. The second kappa shape index (κ2) is 6.48. The van der Waals surface area contributed by atoms with Crippen LogP contribution in [0.15, 0.2) is 17.7 Å². The van der Waals surface area contributed by atoms with E-state index in [1.807, 2.05) is 0 Å². The Kier molecular flexibility index (Phi) is 4.98. The number of ether oxygens (including phenoxy) is 3. The number of aliphatic hydroxyl groups is 1. The SMILES string of the molecule is COc1cc(C(O)=C(C#N)C(C)=O)cc(OC)c1OC. The molecule has 0 atom stereocenters. The predicted octanol–water partition coefficient (Wildman–Crippen LogP) is 2.09. The number of carbonyl (C=O) groups excluding carboxylic acids is 1. The average molecular weight is 277 g/mol. The number of rotatable bonds is 5. The van der Waals surface area contributed by atoms with Gasteiger partial charge in [-0.2, -0.15) is 5.26 Å². The van der Waals surface area contributed by atoms with Crippen LogP contribution in [0.3, 0.4) is 0 Å². The van der Waals surface area contributed by atoms with Gasteiger partial charge in [0.2, 0.25) is 5.75 Å². The van der Waals surface area contributed by atoms with E-state index in [9.17, 15) is 9.90 Å². The third-order valence-electron chi connectivity index (χ3n) is 2.64. The molecule has 6 nitrogen and oxygen atoms in total. The van der Waals surface area contributed by atoms with Crippen LogP contribution in [0.5, 0.6) is 17.2 Å². The molecule has 0 saturated carbocycles. The minimum absolute atomic E-state index is 0.228. The number of nitriles is 1. The highest BCUT2D eigenvalue weighted by Crippen LogP contribution is 2.39. The molecule has 0 spiro atoms. The van der Waals surface area contributed by atoms with Crippen LogP contribution in [0.4, 0.5) is 0 Å². The Hall–Kier alpha value is -2.68. The van der Waals surface area contributed by atoms with Crippen molar-refractivity contribution in [3.63, 3.8) is 0 Å². The van der Waals surface area contributed by atoms with E-state index in [0.717, 1.165) is 0 Å². The Morgan fingerprint density at radius 3 is 1.95 bits per heavy atom. The van der Waals surface area contributed by atoms with Crippen molar-refractivity contribution in [2.45, 2.75) is 6.92 Å². The Labute approximate surface area is 116 Å². The Balaban J connectivity index is 3.56. The Morgan fingerprint density at radius 2 is 1.65 bits per heavy atom. The van der Waals surface area contributed by atoms with Gasteiger partial charge in [-0.05, 0) is 12.1 Å². The fourth-order valence-electron chi connectivity index (χ4n) is 1.66. The summed E-state index contributed by atoms with van der Waals surface area (Å²) in [5, 5.41) is 18.9. The van der Waals surface area contributed by atoms with Crippen LogP contribution in [-0.2, 0) is 4.79 Å². The summed E-state index contributed by atoms with van der Waals surface area (Å²) in [4.78, 5) is 11.3. The first kappa shape index (κ1) is 15.4. The normalized spacial score (nSPS) is 11.2. The molecule has 0 aromatic heterocycles. The summed E-state index contributed by atoms with van der Waals surface area (Å²) in [6.07, 6.45) is 0. The van der Waals surface area contributed by atoms with E-state index in [0.29, 0.717) is 17.2 Å². The van der Waals surface area contributed by atoms with Crippen molar-refractivity contribution in [3.8, 4) is 23.3 Å². The first-order chi connectivity index (χ1) is 9.49. The third-order valence-corrected chi connectivity index (χ3v) is 2.64. The molecular weight excluding hydrogens is 262 g/mol. The number of allylic oxidation sites excluding steroid dienone is 1. The molecule has 0 saturated heterocycles. The van der Waals surface area contributed by atoms with Gasteiger partial charge in [0.05, 0.1) is 21.3 Å². The lowest BCUT2D eigenvalue weighted by molar-refractivity contribution is -0.113. The molecule has 0 radical (unpaired) electrons. The van der Waals surface area contributed by atoms with Gasteiger partial charge in [0.1, 0.15) is 17.4 Å². The summed E-state index contributed by atoms with van der Waals surface area (Å²) in [5.74, 6) is 0.0226. The number of nitrogens with zero attached hydrogens (tertiary/aromatic N) is 1. The molecule has 0 amide bonds. The lowest BCUT2D eigenvalue weighted by Gasteiger charge is -2.14. The van der Waals surface area contributed by atoms with Crippen molar-refractivity contribution in [1.29, 1.82) is 5.26 Å². The highest BCUT2D eigenvalue weighted by molar-refractivity contribution is 6.03. The molecule has 0 aliphatic carbocycles.